The Morgan fingerprint density at radius 3 is 2.05 bits per heavy atom. The van der Waals surface area contributed by atoms with E-state index in [4.69, 9.17) is 15.2 Å². The van der Waals surface area contributed by atoms with Crippen LogP contribution < -0.4 is 10.5 Å². The van der Waals surface area contributed by atoms with E-state index >= 15 is 0 Å². The smallest absolute Gasteiger partial charge is 0.122 e. The molecule has 2 N–H and O–H groups in total. The molecule has 0 bridgehead atoms. The van der Waals surface area contributed by atoms with Gasteiger partial charge in [0.15, 0.2) is 0 Å². The Morgan fingerprint density at radius 2 is 1.63 bits per heavy atom. The van der Waals surface area contributed by atoms with E-state index in [0.29, 0.717) is 0 Å². The molecule has 1 aromatic rings. The number of aryl methyl sites for hydroxylation is 2. The third kappa shape index (κ3) is 3.48. The fourth-order valence-electron chi connectivity index (χ4n) is 2.59. The number of hydrogen-bond acceptors (Lipinski definition) is 3. The average molecular weight is 265 g/mol. The number of methoxy groups -OCH3 is 2. The van der Waals surface area contributed by atoms with Gasteiger partial charge in [-0.15, -0.1) is 0 Å². The first-order valence-electron chi connectivity index (χ1n) is 6.66. The van der Waals surface area contributed by atoms with Crippen LogP contribution in [0.2, 0.25) is 0 Å². The summed E-state index contributed by atoms with van der Waals surface area (Å²) >= 11 is 0. The van der Waals surface area contributed by atoms with Gasteiger partial charge in [-0.25, -0.2) is 0 Å². The van der Waals surface area contributed by atoms with E-state index in [1.54, 1.807) is 14.2 Å². The second-order valence-corrected chi connectivity index (χ2v) is 6.23. The van der Waals surface area contributed by atoms with Gasteiger partial charge in [0.2, 0.25) is 0 Å². The van der Waals surface area contributed by atoms with Crippen LogP contribution in [-0.2, 0) is 4.74 Å². The highest BCUT2D eigenvalue weighted by Crippen LogP contribution is 2.34. The van der Waals surface area contributed by atoms with Crippen molar-refractivity contribution in [1.82, 2.24) is 0 Å². The molecule has 2 unspecified atom stereocenters. The molecule has 3 heteroatoms. The van der Waals surface area contributed by atoms with E-state index < -0.39 is 0 Å². The summed E-state index contributed by atoms with van der Waals surface area (Å²) in [5.74, 6) is 0.901. The molecule has 0 aliphatic rings. The van der Waals surface area contributed by atoms with Gasteiger partial charge in [-0.1, -0.05) is 26.8 Å². The molecular weight excluding hydrogens is 238 g/mol. The van der Waals surface area contributed by atoms with Crippen LogP contribution in [0, 0.1) is 19.3 Å². The molecule has 3 nitrogen and oxygen atoms in total. The fraction of sp³-hybridized carbons (Fsp3) is 0.625. The lowest BCUT2D eigenvalue weighted by Crippen LogP contribution is -2.39. The molecule has 0 radical (unpaired) electrons. The number of ether oxygens (including phenoxy) is 2. The quantitative estimate of drug-likeness (QED) is 0.907. The van der Waals surface area contributed by atoms with Crippen molar-refractivity contribution in [3.63, 3.8) is 0 Å². The molecule has 0 spiro atoms. The lowest BCUT2D eigenvalue weighted by atomic mass is 9.81. The summed E-state index contributed by atoms with van der Waals surface area (Å²) in [5.41, 5.74) is 9.79. The predicted octanol–water partition coefficient (Wildman–Crippen LogP) is 3.37. The third-order valence-corrected chi connectivity index (χ3v) is 3.58. The average Bonchev–Trinajstić information content (AvgIpc) is 2.30. The lowest BCUT2D eigenvalue weighted by Gasteiger charge is -2.35. The summed E-state index contributed by atoms with van der Waals surface area (Å²) in [6.07, 6.45) is -0.0287. The maximum Gasteiger partial charge on any atom is 0.122 e. The molecular formula is C16H27NO2. The molecule has 1 aromatic carbocycles. The van der Waals surface area contributed by atoms with Crippen LogP contribution in [0.4, 0.5) is 0 Å². The minimum absolute atomic E-state index is 0.00552. The SMILES string of the molecule is COc1cc(C)c(C(N)C(OC)C(C)(C)C)cc1C. The van der Waals surface area contributed by atoms with Crippen LogP contribution in [-0.4, -0.2) is 20.3 Å². The van der Waals surface area contributed by atoms with Crippen LogP contribution in [0.5, 0.6) is 5.75 Å². The minimum atomic E-state index is -0.144. The summed E-state index contributed by atoms with van der Waals surface area (Å²) in [6.45, 7) is 10.5. The van der Waals surface area contributed by atoms with E-state index in [9.17, 15) is 0 Å². The number of hydrogen-bond donors (Lipinski definition) is 1. The Kier molecular flexibility index (Phi) is 4.99. The molecule has 2 atom stereocenters. The van der Waals surface area contributed by atoms with Crippen LogP contribution in [0.1, 0.15) is 43.5 Å². The Morgan fingerprint density at radius 1 is 1.05 bits per heavy atom. The van der Waals surface area contributed by atoms with Crippen molar-refractivity contribution in [3.05, 3.63) is 28.8 Å². The minimum Gasteiger partial charge on any atom is -0.496 e. The Labute approximate surface area is 117 Å². The Bertz CT molecular complexity index is 435. The highest BCUT2D eigenvalue weighted by molar-refractivity contribution is 5.43. The maximum atomic E-state index is 6.43. The zero-order valence-corrected chi connectivity index (χ0v) is 13.2. The van der Waals surface area contributed by atoms with Crippen molar-refractivity contribution in [2.45, 2.75) is 46.8 Å². The van der Waals surface area contributed by atoms with Crippen molar-refractivity contribution >= 4 is 0 Å². The molecule has 0 aromatic heterocycles. The van der Waals surface area contributed by atoms with E-state index in [1.165, 1.54) is 0 Å². The van der Waals surface area contributed by atoms with E-state index in [1.807, 2.05) is 13.0 Å². The van der Waals surface area contributed by atoms with Gasteiger partial charge < -0.3 is 15.2 Å². The summed E-state index contributed by atoms with van der Waals surface area (Å²) in [7, 11) is 3.41. The monoisotopic (exact) mass is 265 g/mol. The number of benzene rings is 1. The van der Waals surface area contributed by atoms with Crippen molar-refractivity contribution in [2.24, 2.45) is 11.1 Å². The predicted molar refractivity (Wildman–Crippen MR) is 79.6 cm³/mol. The van der Waals surface area contributed by atoms with Crippen molar-refractivity contribution in [1.29, 1.82) is 0 Å². The molecule has 19 heavy (non-hydrogen) atoms. The van der Waals surface area contributed by atoms with Gasteiger partial charge in [0.25, 0.3) is 0 Å². The normalized spacial score (nSPS) is 15.2. The topological polar surface area (TPSA) is 44.5 Å². The van der Waals surface area contributed by atoms with Crippen LogP contribution in [0.3, 0.4) is 0 Å². The van der Waals surface area contributed by atoms with Crippen molar-refractivity contribution < 1.29 is 9.47 Å². The van der Waals surface area contributed by atoms with Gasteiger partial charge in [0, 0.05) is 7.11 Å². The summed E-state index contributed by atoms with van der Waals surface area (Å²) in [6, 6.07) is 4.01. The van der Waals surface area contributed by atoms with Gasteiger partial charge >= 0.3 is 0 Å². The second-order valence-electron chi connectivity index (χ2n) is 6.23. The third-order valence-electron chi connectivity index (χ3n) is 3.58. The summed E-state index contributed by atoms with van der Waals surface area (Å²) in [4.78, 5) is 0. The van der Waals surface area contributed by atoms with Gasteiger partial charge in [-0.2, -0.15) is 0 Å². The van der Waals surface area contributed by atoms with E-state index in [2.05, 4.69) is 33.8 Å². The van der Waals surface area contributed by atoms with Gasteiger partial charge in [0.05, 0.1) is 19.3 Å². The Hall–Kier alpha value is -1.06. The zero-order valence-electron chi connectivity index (χ0n) is 13.2. The first kappa shape index (κ1) is 16.0. The molecule has 0 saturated carbocycles. The van der Waals surface area contributed by atoms with Gasteiger partial charge in [0.1, 0.15) is 5.75 Å². The van der Waals surface area contributed by atoms with Gasteiger partial charge in [-0.05, 0) is 42.0 Å². The first-order chi connectivity index (χ1) is 8.72. The molecule has 0 aliphatic heterocycles. The fourth-order valence-corrected chi connectivity index (χ4v) is 2.59. The van der Waals surface area contributed by atoms with Crippen LogP contribution in [0.25, 0.3) is 0 Å². The van der Waals surface area contributed by atoms with Crippen LogP contribution in [0.15, 0.2) is 12.1 Å². The molecule has 0 saturated heterocycles. The largest absolute Gasteiger partial charge is 0.496 e. The first-order valence-corrected chi connectivity index (χ1v) is 6.66. The highest BCUT2D eigenvalue weighted by Gasteiger charge is 2.32. The van der Waals surface area contributed by atoms with Crippen LogP contribution >= 0.6 is 0 Å². The highest BCUT2D eigenvalue weighted by atomic mass is 16.5. The number of rotatable bonds is 4. The molecule has 0 aliphatic carbocycles. The summed E-state index contributed by atoms with van der Waals surface area (Å²) in [5, 5.41) is 0. The molecule has 0 fully saturated rings. The molecule has 1 rings (SSSR count). The standard InChI is InChI=1S/C16H27NO2/c1-10-9-13(18-6)11(2)8-12(10)14(17)15(19-7)16(3,4)5/h8-9,14-15H,17H2,1-7H3. The van der Waals surface area contributed by atoms with E-state index in [-0.39, 0.29) is 17.6 Å². The Balaban J connectivity index is 3.19. The zero-order chi connectivity index (χ0) is 14.8. The van der Waals surface area contributed by atoms with E-state index in [0.717, 1.165) is 22.4 Å². The summed E-state index contributed by atoms with van der Waals surface area (Å²) < 4.78 is 11.0. The molecule has 0 amide bonds. The van der Waals surface area contributed by atoms with Crippen molar-refractivity contribution in [2.75, 3.05) is 14.2 Å². The maximum absolute atomic E-state index is 6.43. The second kappa shape index (κ2) is 5.93. The number of nitrogens with two attached hydrogens (primary N) is 1. The van der Waals surface area contributed by atoms with Gasteiger partial charge in [-0.3, -0.25) is 0 Å². The lowest BCUT2D eigenvalue weighted by molar-refractivity contribution is -0.00258. The molecule has 0 heterocycles. The van der Waals surface area contributed by atoms with Crippen molar-refractivity contribution in [3.8, 4) is 5.75 Å². The molecule has 108 valence electrons.